The SMILES string of the molecule is COC(=O)C(=CO)N(C)c1cccc(-c2ccc(Cl)cc2)n1. The second kappa shape index (κ2) is 6.95. The highest BCUT2D eigenvalue weighted by molar-refractivity contribution is 6.30. The van der Waals surface area contributed by atoms with E-state index in [0.29, 0.717) is 17.1 Å². The minimum atomic E-state index is -0.649. The molecule has 1 heterocycles. The Kier molecular flexibility index (Phi) is 5.01. The third kappa shape index (κ3) is 3.38. The number of anilines is 1. The number of carbonyl (C=O) groups is 1. The van der Waals surface area contributed by atoms with Gasteiger partial charge in [0.2, 0.25) is 0 Å². The molecule has 0 aliphatic carbocycles. The molecule has 0 fully saturated rings. The average molecular weight is 319 g/mol. The first-order valence-corrected chi connectivity index (χ1v) is 6.84. The summed E-state index contributed by atoms with van der Waals surface area (Å²) in [4.78, 5) is 17.5. The van der Waals surface area contributed by atoms with Crippen LogP contribution in [0.4, 0.5) is 5.82 Å². The topological polar surface area (TPSA) is 62.7 Å². The van der Waals surface area contributed by atoms with Crippen LogP contribution in [0, 0.1) is 0 Å². The number of nitrogens with zero attached hydrogens (tertiary/aromatic N) is 2. The smallest absolute Gasteiger partial charge is 0.357 e. The first-order chi connectivity index (χ1) is 10.6. The lowest BCUT2D eigenvalue weighted by molar-refractivity contribution is -0.136. The van der Waals surface area contributed by atoms with Crippen LogP contribution in [0.1, 0.15) is 0 Å². The highest BCUT2D eigenvalue weighted by Gasteiger charge is 2.18. The zero-order valence-electron chi connectivity index (χ0n) is 12.2. The Morgan fingerprint density at radius 2 is 1.95 bits per heavy atom. The van der Waals surface area contributed by atoms with Crippen molar-refractivity contribution in [2.75, 3.05) is 19.1 Å². The predicted octanol–water partition coefficient (Wildman–Crippen LogP) is 3.41. The second-order valence-electron chi connectivity index (χ2n) is 4.45. The third-order valence-corrected chi connectivity index (χ3v) is 3.35. The summed E-state index contributed by atoms with van der Waals surface area (Å²) in [6.45, 7) is 0. The van der Waals surface area contributed by atoms with Crippen LogP contribution in [0.5, 0.6) is 0 Å². The minimum Gasteiger partial charge on any atom is -0.513 e. The molecule has 22 heavy (non-hydrogen) atoms. The fraction of sp³-hybridized carbons (Fsp3) is 0.125. The summed E-state index contributed by atoms with van der Waals surface area (Å²) in [7, 11) is 2.87. The Balaban J connectivity index is 2.35. The Morgan fingerprint density at radius 3 is 2.55 bits per heavy atom. The van der Waals surface area contributed by atoms with Crippen LogP contribution < -0.4 is 4.90 Å². The number of ether oxygens (including phenoxy) is 1. The van der Waals surface area contributed by atoms with E-state index >= 15 is 0 Å². The van der Waals surface area contributed by atoms with Crippen LogP contribution >= 0.6 is 11.6 Å². The lowest BCUT2D eigenvalue weighted by atomic mass is 10.1. The van der Waals surface area contributed by atoms with Gasteiger partial charge in [0.05, 0.1) is 12.8 Å². The molecule has 6 heteroatoms. The molecule has 0 saturated heterocycles. The highest BCUT2D eigenvalue weighted by Crippen LogP contribution is 2.23. The molecule has 1 aromatic carbocycles. The van der Waals surface area contributed by atoms with Gasteiger partial charge in [-0.25, -0.2) is 9.78 Å². The van der Waals surface area contributed by atoms with E-state index in [1.54, 1.807) is 25.2 Å². The van der Waals surface area contributed by atoms with E-state index in [4.69, 9.17) is 11.6 Å². The molecule has 2 aromatic rings. The van der Waals surface area contributed by atoms with Crippen LogP contribution in [0.25, 0.3) is 11.3 Å². The van der Waals surface area contributed by atoms with E-state index in [1.807, 2.05) is 24.3 Å². The number of pyridine rings is 1. The van der Waals surface area contributed by atoms with Crippen molar-refractivity contribution < 1.29 is 14.6 Å². The molecule has 5 nitrogen and oxygen atoms in total. The minimum absolute atomic E-state index is 0.0109. The van der Waals surface area contributed by atoms with Gasteiger partial charge in [-0.1, -0.05) is 29.8 Å². The van der Waals surface area contributed by atoms with E-state index in [1.165, 1.54) is 12.0 Å². The van der Waals surface area contributed by atoms with Gasteiger partial charge < -0.3 is 14.7 Å². The van der Waals surface area contributed by atoms with Crippen molar-refractivity contribution in [3.05, 3.63) is 59.4 Å². The second-order valence-corrected chi connectivity index (χ2v) is 4.89. The molecule has 0 saturated carbocycles. The van der Waals surface area contributed by atoms with Gasteiger partial charge in [0.15, 0.2) is 5.70 Å². The number of carbonyl (C=O) groups excluding carboxylic acids is 1. The van der Waals surface area contributed by atoms with Gasteiger partial charge in [-0.2, -0.15) is 0 Å². The number of aromatic nitrogens is 1. The molecule has 114 valence electrons. The molecule has 0 spiro atoms. The van der Waals surface area contributed by atoms with Crippen LogP contribution in [0.3, 0.4) is 0 Å². The first-order valence-electron chi connectivity index (χ1n) is 6.46. The van der Waals surface area contributed by atoms with Crippen molar-refractivity contribution in [2.24, 2.45) is 0 Å². The van der Waals surface area contributed by atoms with E-state index in [-0.39, 0.29) is 5.70 Å². The molecular weight excluding hydrogens is 304 g/mol. The molecule has 0 amide bonds. The van der Waals surface area contributed by atoms with Crippen molar-refractivity contribution >= 4 is 23.4 Å². The molecule has 0 bridgehead atoms. The molecule has 0 aliphatic heterocycles. The summed E-state index contributed by atoms with van der Waals surface area (Å²) < 4.78 is 4.62. The summed E-state index contributed by atoms with van der Waals surface area (Å²) in [6.07, 6.45) is 0.697. The van der Waals surface area contributed by atoms with Crippen molar-refractivity contribution in [3.63, 3.8) is 0 Å². The fourth-order valence-corrected chi connectivity index (χ4v) is 2.02. The van der Waals surface area contributed by atoms with Gasteiger partial charge in [-0.05, 0) is 24.3 Å². The molecule has 2 rings (SSSR count). The fourth-order valence-electron chi connectivity index (χ4n) is 1.90. The summed E-state index contributed by atoms with van der Waals surface area (Å²) in [5, 5.41) is 9.88. The molecule has 0 aliphatic rings. The lowest BCUT2D eigenvalue weighted by Crippen LogP contribution is -2.25. The summed E-state index contributed by atoms with van der Waals surface area (Å²) in [5.74, 6) is -0.151. The summed E-state index contributed by atoms with van der Waals surface area (Å²) >= 11 is 5.88. The number of hydrogen-bond acceptors (Lipinski definition) is 5. The number of rotatable bonds is 4. The van der Waals surface area contributed by atoms with E-state index in [9.17, 15) is 9.90 Å². The van der Waals surface area contributed by atoms with Crippen LogP contribution in [-0.2, 0) is 9.53 Å². The van der Waals surface area contributed by atoms with Gasteiger partial charge >= 0.3 is 5.97 Å². The molecule has 0 radical (unpaired) electrons. The molecule has 1 aromatic heterocycles. The Hall–Kier alpha value is -2.53. The maximum Gasteiger partial charge on any atom is 0.357 e. The molecular formula is C16H15ClN2O3. The van der Waals surface area contributed by atoms with Gasteiger partial charge in [0, 0.05) is 17.6 Å². The van der Waals surface area contributed by atoms with Crippen LogP contribution in [0.2, 0.25) is 5.02 Å². The van der Waals surface area contributed by atoms with E-state index < -0.39 is 5.97 Å². The number of aliphatic hydroxyl groups is 1. The zero-order valence-corrected chi connectivity index (χ0v) is 12.9. The van der Waals surface area contributed by atoms with Gasteiger partial charge in [0.25, 0.3) is 0 Å². The maximum atomic E-state index is 11.6. The number of esters is 1. The molecule has 1 N–H and O–H groups in total. The lowest BCUT2D eigenvalue weighted by Gasteiger charge is -2.19. The van der Waals surface area contributed by atoms with Crippen LogP contribution in [-0.4, -0.2) is 30.2 Å². The number of likely N-dealkylation sites (N-methyl/N-ethyl adjacent to an activating group) is 1. The number of hydrogen-bond donors (Lipinski definition) is 1. The van der Waals surface area contributed by atoms with Crippen molar-refractivity contribution in [2.45, 2.75) is 0 Å². The predicted molar refractivity (Wildman–Crippen MR) is 85.8 cm³/mol. The highest BCUT2D eigenvalue weighted by atomic mass is 35.5. The van der Waals surface area contributed by atoms with Crippen molar-refractivity contribution in [1.29, 1.82) is 0 Å². The third-order valence-electron chi connectivity index (χ3n) is 3.10. The number of halogens is 1. The average Bonchev–Trinajstić information content (AvgIpc) is 2.56. The summed E-state index contributed by atoms with van der Waals surface area (Å²) in [6, 6.07) is 12.7. The first kappa shape index (κ1) is 15.9. The number of aliphatic hydroxyl groups excluding tert-OH is 1. The number of benzene rings is 1. The van der Waals surface area contributed by atoms with E-state index in [0.717, 1.165) is 11.3 Å². The molecule has 0 atom stereocenters. The van der Waals surface area contributed by atoms with E-state index in [2.05, 4.69) is 9.72 Å². The largest absolute Gasteiger partial charge is 0.513 e. The van der Waals surface area contributed by atoms with Gasteiger partial charge in [-0.15, -0.1) is 0 Å². The summed E-state index contributed by atoms with van der Waals surface area (Å²) in [5.41, 5.74) is 1.61. The normalized spacial score (nSPS) is 11.1. The number of methoxy groups -OCH3 is 1. The van der Waals surface area contributed by atoms with Crippen molar-refractivity contribution in [3.8, 4) is 11.3 Å². The standard InChI is InChI=1S/C16H15ClN2O3/c1-19(14(10-20)16(21)22-2)15-5-3-4-13(18-15)11-6-8-12(17)9-7-11/h3-10,20H,1-2H3. The van der Waals surface area contributed by atoms with Crippen molar-refractivity contribution in [1.82, 2.24) is 4.98 Å². The van der Waals surface area contributed by atoms with Gasteiger partial charge in [0.1, 0.15) is 12.1 Å². The quantitative estimate of drug-likeness (QED) is 0.532. The Morgan fingerprint density at radius 1 is 1.27 bits per heavy atom. The van der Waals surface area contributed by atoms with Crippen LogP contribution in [0.15, 0.2) is 54.4 Å². The monoisotopic (exact) mass is 318 g/mol. The zero-order chi connectivity index (χ0) is 16.1. The van der Waals surface area contributed by atoms with Gasteiger partial charge in [-0.3, -0.25) is 0 Å². The maximum absolute atomic E-state index is 11.6. The Labute approximate surface area is 133 Å². The Bertz CT molecular complexity index is 699. The molecule has 0 unspecified atom stereocenters.